The molecular formula is C11H15NOS. The standard InChI is InChI=1S/C11H15NOS/c1-7-5-9(13)6-10(12-7)11-4-3-8(2)14-11/h3-4,7,10,12H,5-6H2,1-2H3. The summed E-state index contributed by atoms with van der Waals surface area (Å²) >= 11 is 1.78. The van der Waals surface area contributed by atoms with Crippen molar-refractivity contribution in [1.82, 2.24) is 5.32 Å². The van der Waals surface area contributed by atoms with Gasteiger partial charge in [-0.05, 0) is 26.0 Å². The van der Waals surface area contributed by atoms with E-state index in [-0.39, 0.29) is 6.04 Å². The topological polar surface area (TPSA) is 29.1 Å². The molecule has 0 bridgehead atoms. The highest BCUT2D eigenvalue weighted by molar-refractivity contribution is 7.12. The quantitative estimate of drug-likeness (QED) is 0.769. The summed E-state index contributed by atoms with van der Waals surface area (Å²) < 4.78 is 0. The smallest absolute Gasteiger partial charge is 0.136 e. The monoisotopic (exact) mass is 209 g/mol. The Morgan fingerprint density at radius 1 is 1.43 bits per heavy atom. The maximum Gasteiger partial charge on any atom is 0.136 e. The van der Waals surface area contributed by atoms with Crippen LogP contribution >= 0.6 is 11.3 Å². The van der Waals surface area contributed by atoms with Gasteiger partial charge in [0.05, 0.1) is 0 Å². The number of nitrogens with one attached hydrogen (secondary N) is 1. The number of carbonyl (C=O) groups excluding carboxylic acids is 1. The van der Waals surface area contributed by atoms with E-state index in [4.69, 9.17) is 0 Å². The molecule has 2 heterocycles. The third kappa shape index (κ3) is 2.04. The van der Waals surface area contributed by atoms with Gasteiger partial charge in [0.15, 0.2) is 0 Å². The van der Waals surface area contributed by atoms with Gasteiger partial charge in [-0.2, -0.15) is 0 Å². The highest BCUT2D eigenvalue weighted by atomic mass is 32.1. The van der Waals surface area contributed by atoms with Gasteiger partial charge in [0, 0.05) is 34.7 Å². The zero-order valence-electron chi connectivity index (χ0n) is 8.54. The van der Waals surface area contributed by atoms with E-state index >= 15 is 0 Å². The largest absolute Gasteiger partial charge is 0.306 e. The van der Waals surface area contributed by atoms with Crippen LogP contribution in [0.5, 0.6) is 0 Å². The van der Waals surface area contributed by atoms with Crippen LogP contribution < -0.4 is 5.32 Å². The van der Waals surface area contributed by atoms with Gasteiger partial charge in [0.25, 0.3) is 0 Å². The van der Waals surface area contributed by atoms with Gasteiger partial charge in [-0.3, -0.25) is 4.79 Å². The number of hydrogen-bond donors (Lipinski definition) is 1. The molecule has 1 N–H and O–H groups in total. The molecular weight excluding hydrogens is 194 g/mol. The molecule has 2 rings (SSSR count). The Bertz CT molecular complexity index is 345. The number of Topliss-reactive ketones (excluding diaryl/α,β-unsaturated/α-hetero) is 1. The predicted molar refractivity (Wildman–Crippen MR) is 58.6 cm³/mol. The average Bonchev–Trinajstić information content (AvgIpc) is 2.50. The van der Waals surface area contributed by atoms with Crippen molar-refractivity contribution in [2.45, 2.75) is 38.8 Å². The Morgan fingerprint density at radius 2 is 2.21 bits per heavy atom. The molecule has 76 valence electrons. The fourth-order valence-corrected chi connectivity index (χ4v) is 2.87. The van der Waals surface area contributed by atoms with Crippen LogP contribution in [0.1, 0.15) is 35.6 Å². The number of carbonyl (C=O) groups is 1. The van der Waals surface area contributed by atoms with Crippen LogP contribution in [0.3, 0.4) is 0 Å². The maximum absolute atomic E-state index is 11.4. The first-order chi connectivity index (χ1) is 6.65. The molecule has 3 heteroatoms. The summed E-state index contributed by atoms with van der Waals surface area (Å²) in [5.74, 6) is 0.382. The first kappa shape index (κ1) is 9.87. The van der Waals surface area contributed by atoms with Crippen molar-refractivity contribution in [3.8, 4) is 0 Å². The molecule has 14 heavy (non-hydrogen) atoms. The molecule has 1 fully saturated rings. The Hall–Kier alpha value is -0.670. The number of rotatable bonds is 1. The number of aryl methyl sites for hydroxylation is 1. The van der Waals surface area contributed by atoms with E-state index in [1.807, 2.05) is 0 Å². The van der Waals surface area contributed by atoms with E-state index in [1.54, 1.807) is 11.3 Å². The van der Waals surface area contributed by atoms with Crippen LogP contribution in [0.25, 0.3) is 0 Å². The number of hydrogen-bond acceptors (Lipinski definition) is 3. The van der Waals surface area contributed by atoms with Crippen molar-refractivity contribution in [2.24, 2.45) is 0 Å². The Kier molecular flexibility index (Phi) is 2.70. The predicted octanol–water partition coefficient (Wildman–Crippen LogP) is 2.44. The van der Waals surface area contributed by atoms with Crippen LogP contribution in [0.15, 0.2) is 12.1 Å². The summed E-state index contributed by atoms with van der Waals surface area (Å²) in [4.78, 5) is 14.0. The van der Waals surface area contributed by atoms with Gasteiger partial charge in [0.2, 0.25) is 0 Å². The Labute approximate surface area is 88.3 Å². The fourth-order valence-electron chi connectivity index (χ4n) is 1.94. The molecule has 0 radical (unpaired) electrons. The van der Waals surface area contributed by atoms with Crippen LogP contribution in [0.4, 0.5) is 0 Å². The molecule has 1 aliphatic rings. The molecule has 0 aromatic carbocycles. The highest BCUT2D eigenvalue weighted by Gasteiger charge is 2.25. The fraction of sp³-hybridized carbons (Fsp3) is 0.545. The van der Waals surface area contributed by atoms with Crippen molar-refractivity contribution in [3.63, 3.8) is 0 Å². The molecule has 2 atom stereocenters. The Morgan fingerprint density at radius 3 is 2.79 bits per heavy atom. The van der Waals surface area contributed by atoms with Crippen LogP contribution in [0, 0.1) is 6.92 Å². The van der Waals surface area contributed by atoms with E-state index in [2.05, 4.69) is 31.3 Å². The third-order valence-corrected chi connectivity index (χ3v) is 3.67. The van der Waals surface area contributed by atoms with Crippen molar-refractivity contribution >= 4 is 17.1 Å². The molecule has 0 spiro atoms. The molecule has 0 saturated carbocycles. The average molecular weight is 209 g/mol. The molecule has 1 aliphatic heterocycles. The van der Waals surface area contributed by atoms with Crippen LogP contribution in [-0.4, -0.2) is 11.8 Å². The lowest BCUT2D eigenvalue weighted by Crippen LogP contribution is -2.38. The molecule has 1 aromatic heterocycles. The summed E-state index contributed by atoms with van der Waals surface area (Å²) in [6, 6.07) is 4.82. The van der Waals surface area contributed by atoms with Crippen LogP contribution in [-0.2, 0) is 4.79 Å². The summed E-state index contributed by atoms with van der Waals surface area (Å²) in [6.45, 7) is 4.17. The van der Waals surface area contributed by atoms with Gasteiger partial charge in [-0.15, -0.1) is 11.3 Å². The minimum atomic E-state index is 0.255. The van der Waals surface area contributed by atoms with Crippen molar-refractivity contribution < 1.29 is 4.79 Å². The third-order valence-electron chi connectivity index (χ3n) is 2.56. The van der Waals surface area contributed by atoms with E-state index < -0.39 is 0 Å². The highest BCUT2D eigenvalue weighted by Crippen LogP contribution is 2.28. The Balaban J connectivity index is 2.14. The molecule has 2 unspecified atom stereocenters. The van der Waals surface area contributed by atoms with Crippen molar-refractivity contribution in [3.05, 3.63) is 21.9 Å². The second-order valence-electron chi connectivity index (χ2n) is 4.02. The summed E-state index contributed by atoms with van der Waals surface area (Å²) in [5.41, 5.74) is 0. The van der Waals surface area contributed by atoms with Gasteiger partial charge in [-0.1, -0.05) is 0 Å². The van der Waals surface area contributed by atoms with E-state index in [1.165, 1.54) is 9.75 Å². The lowest BCUT2D eigenvalue weighted by Gasteiger charge is -2.27. The van der Waals surface area contributed by atoms with Gasteiger partial charge >= 0.3 is 0 Å². The van der Waals surface area contributed by atoms with E-state index in [0.717, 1.165) is 0 Å². The summed E-state index contributed by atoms with van der Waals surface area (Å²) in [5, 5.41) is 3.47. The maximum atomic E-state index is 11.4. The zero-order chi connectivity index (χ0) is 10.1. The summed E-state index contributed by atoms with van der Waals surface area (Å²) in [6.07, 6.45) is 1.34. The molecule has 2 nitrogen and oxygen atoms in total. The summed E-state index contributed by atoms with van der Waals surface area (Å²) in [7, 11) is 0. The minimum Gasteiger partial charge on any atom is -0.306 e. The minimum absolute atomic E-state index is 0.255. The first-order valence-corrected chi connectivity index (χ1v) is 5.81. The lowest BCUT2D eigenvalue weighted by molar-refractivity contribution is -0.121. The van der Waals surface area contributed by atoms with Gasteiger partial charge in [-0.25, -0.2) is 0 Å². The second kappa shape index (κ2) is 3.83. The molecule has 1 aromatic rings. The number of piperidine rings is 1. The van der Waals surface area contributed by atoms with Gasteiger partial charge in [0.1, 0.15) is 5.78 Å². The number of ketones is 1. The van der Waals surface area contributed by atoms with E-state index in [9.17, 15) is 4.79 Å². The van der Waals surface area contributed by atoms with Crippen LogP contribution in [0.2, 0.25) is 0 Å². The normalized spacial score (nSPS) is 28.0. The lowest BCUT2D eigenvalue weighted by atomic mass is 9.97. The zero-order valence-corrected chi connectivity index (χ0v) is 9.36. The molecule has 0 aliphatic carbocycles. The SMILES string of the molecule is Cc1ccc(C2CC(=O)CC(C)N2)s1. The van der Waals surface area contributed by atoms with E-state index in [0.29, 0.717) is 24.7 Å². The van der Waals surface area contributed by atoms with Crippen molar-refractivity contribution in [1.29, 1.82) is 0 Å². The molecule has 1 saturated heterocycles. The van der Waals surface area contributed by atoms with Gasteiger partial charge < -0.3 is 5.32 Å². The van der Waals surface area contributed by atoms with Crippen molar-refractivity contribution in [2.75, 3.05) is 0 Å². The second-order valence-corrected chi connectivity index (χ2v) is 5.34. The number of thiophene rings is 1. The molecule has 0 amide bonds. The first-order valence-electron chi connectivity index (χ1n) is 4.99.